The van der Waals surface area contributed by atoms with Crippen LogP contribution in [0.3, 0.4) is 0 Å². The van der Waals surface area contributed by atoms with Crippen LogP contribution in [-0.4, -0.2) is 27.3 Å². The molecular weight excluding hydrogens is 311 g/mol. The van der Waals surface area contributed by atoms with E-state index in [-0.39, 0.29) is 5.69 Å². The van der Waals surface area contributed by atoms with Crippen molar-refractivity contribution in [3.05, 3.63) is 66.4 Å². The topological polar surface area (TPSA) is 69.0 Å². The maximum atomic E-state index is 14.2. The third kappa shape index (κ3) is 3.24. The van der Waals surface area contributed by atoms with E-state index < -0.39 is 11.7 Å². The zero-order valence-corrected chi connectivity index (χ0v) is 12.9. The van der Waals surface area contributed by atoms with Crippen molar-refractivity contribution in [1.82, 2.24) is 14.8 Å². The summed E-state index contributed by atoms with van der Waals surface area (Å²) in [6, 6.07) is 9.26. The largest absolute Gasteiger partial charge is 0.478 e. The van der Waals surface area contributed by atoms with Gasteiger partial charge in [0.05, 0.1) is 12.3 Å². The number of carbonyl (C=O) groups excluding carboxylic acids is 1. The van der Waals surface area contributed by atoms with Crippen LogP contribution < -0.4 is 10.1 Å². The quantitative estimate of drug-likeness (QED) is 0.782. The number of nitrogens with zero attached hydrogens (tertiary/aromatic N) is 3. The van der Waals surface area contributed by atoms with Gasteiger partial charge in [-0.25, -0.2) is 14.1 Å². The average molecular weight is 326 g/mol. The molecule has 122 valence electrons. The molecule has 1 amide bonds. The zero-order chi connectivity index (χ0) is 16.9. The van der Waals surface area contributed by atoms with E-state index in [9.17, 15) is 9.18 Å². The Balaban J connectivity index is 1.91. The molecule has 0 saturated heterocycles. The van der Waals surface area contributed by atoms with Gasteiger partial charge in [-0.2, -0.15) is 5.10 Å². The lowest BCUT2D eigenvalue weighted by Crippen LogP contribution is -2.15. The highest BCUT2D eigenvalue weighted by Crippen LogP contribution is 2.24. The Morgan fingerprint density at radius 1 is 1.29 bits per heavy atom. The first-order chi connectivity index (χ1) is 11.7. The van der Waals surface area contributed by atoms with E-state index in [1.54, 1.807) is 30.6 Å². The van der Waals surface area contributed by atoms with Crippen LogP contribution in [0.15, 0.2) is 55.0 Å². The van der Waals surface area contributed by atoms with E-state index in [4.69, 9.17) is 4.74 Å². The molecule has 0 aliphatic heterocycles. The minimum atomic E-state index is -0.546. The highest BCUT2D eigenvalue weighted by Gasteiger charge is 2.15. The van der Waals surface area contributed by atoms with Crippen LogP contribution in [0.5, 0.6) is 5.88 Å². The van der Waals surface area contributed by atoms with Gasteiger partial charge in [0.15, 0.2) is 0 Å². The van der Waals surface area contributed by atoms with Gasteiger partial charge in [-0.1, -0.05) is 6.07 Å². The van der Waals surface area contributed by atoms with Crippen molar-refractivity contribution in [3.63, 3.8) is 0 Å². The molecule has 0 aliphatic rings. The fourth-order valence-corrected chi connectivity index (χ4v) is 2.20. The van der Waals surface area contributed by atoms with Crippen LogP contribution in [-0.2, 0) is 0 Å². The predicted octanol–water partition coefficient (Wildman–Crippen LogP) is 3.06. The zero-order valence-electron chi connectivity index (χ0n) is 12.9. The first kappa shape index (κ1) is 15.7. The molecule has 1 aromatic carbocycles. The van der Waals surface area contributed by atoms with Crippen molar-refractivity contribution in [2.24, 2.45) is 0 Å². The summed E-state index contributed by atoms with van der Waals surface area (Å²) in [5.41, 5.74) is 0.816. The van der Waals surface area contributed by atoms with Gasteiger partial charge in [-0.05, 0) is 31.2 Å². The number of carbonyl (C=O) groups is 1. The highest BCUT2D eigenvalue weighted by atomic mass is 19.1. The summed E-state index contributed by atoms with van der Waals surface area (Å²) >= 11 is 0. The van der Waals surface area contributed by atoms with Gasteiger partial charge in [0.25, 0.3) is 5.91 Å². The average Bonchev–Trinajstić information content (AvgIpc) is 3.11. The SMILES string of the molecule is CCOc1cc(C(=O)Nc2c(F)cccc2-n2cccn2)ccn1. The number of hydrogen-bond acceptors (Lipinski definition) is 4. The van der Waals surface area contributed by atoms with Crippen LogP contribution in [0.2, 0.25) is 0 Å². The van der Waals surface area contributed by atoms with Crippen molar-refractivity contribution >= 4 is 11.6 Å². The van der Waals surface area contributed by atoms with Gasteiger partial charge in [0, 0.05) is 30.2 Å². The third-order valence-electron chi connectivity index (χ3n) is 3.27. The molecule has 0 spiro atoms. The molecule has 24 heavy (non-hydrogen) atoms. The molecule has 2 aromatic heterocycles. The summed E-state index contributed by atoms with van der Waals surface area (Å²) in [5.74, 6) is -0.668. The highest BCUT2D eigenvalue weighted by molar-refractivity contribution is 6.05. The Hall–Kier alpha value is -3.22. The van der Waals surface area contributed by atoms with E-state index in [1.165, 1.54) is 29.1 Å². The summed E-state index contributed by atoms with van der Waals surface area (Å²) < 4.78 is 21.0. The van der Waals surface area contributed by atoms with Gasteiger partial charge in [-0.15, -0.1) is 0 Å². The van der Waals surface area contributed by atoms with Crippen LogP contribution in [0, 0.1) is 5.82 Å². The monoisotopic (exact) mass is 326 g/mol. The van der Waals surface area contributed by atoms with Gasteiger partial charge in [0.2, 0.25) is 5.88 Å². The van der Waals surface area contributed by atoms with E-state index in [0.717, 1.165) is 0 Å². The third-order valence-corrected chi connectivity index (χ3v) is 3.27. The van der Waals surface area contributed by atoms with Gasteiger partial charge < -0.3 is 10.1 Å². The van der Waals surface area contributed by atoms with Gasteiger partial charge in [0.1, 0.15) is 11.5 Å². The Bertz CT molecular complexity index is 850. The van der Waals surface area contributed by atoms with Crippen molar-refractivity contribution in [1.29, 1.82) is 0 Å². The number of benzene rings is 1. The number of hydrogen-bond donors (Lipinski definition) is 1. The minimum Gasteiger partial charge on any atom is -0.478 e. The predicted molar refractivity (Wildman–Crippen MR) is 86.9 cm³/mol. The molecule has 3 aromatic rings. The number of amides is 1. The summed E-state index contributed by atoms with van der Waals surface area (Å²) in [5, 5.41) is 6.67. The molecule has 7 heteroatoms. The van der Waals surface area contributed by atoms with Crippen molar-refractivity contribution in [2.45, 2.75) is 6.92 Å². The molecule has 6 nitrogen and oxygen atoms in total. The van der Waals surface area contributed by atoms with E-state index in [1.807, 2.05) is 6.92 Å². The Morgan fingerprint density at radius 3 is 2.92 bits per heavy atom. The fourth-order valence-electron chi connectivity index (χ4n) is 2.20. The number of aromatic nitrogens is 3. The van der Waals surface area contributed by atoms with Crippen molar-refractivity contribution in [2.75, 3.05) is 11.9 Å². The summed E-state index contributed by atoms with van der Waals surface area (Å²) in [6.07, 6.45) is 4.72. The number of halogens is 1. The summed E-state index contributed by atoms with van der Waals surface area (Å²) in [6.45, 7) is 2.26. The number of ether oxygens (including phenoxy) is 1. The number of anilines is 1. The molecule has 0 bridgehead atoms. The molecule has 0 saturated carbocycles. The van der Waals surface area contributed by atoms with E-state index in [2.05, 4.69) is 15.4 Å². The molecule has 0 radical (unpaired) electrons. The lowest BCUT2D eigenvalue weighted by atomic mass is 10.2. The lowest BCUT2D eigenvalue weighted by molar-refractivity contribution is 0.102. The van der Waals surface area contributed by atoms with E-state index in [0.29, 0.717) is 23.7 Å². The Morgan fingerprint density at radius 2 is 2.17 bits per heavy atom. The lowest BCUT2D eigenvalue weighted by Gasteiger charge is -2.12. The Labute approximate surface area is 137 Å². The molecule has 1 N–H and O–H groups in total. The number of rotatable bonds is 5. The number of para-hydroxylation sites is 1. The van der Waals surface area contributed by atoms with Crippen LogP contribution in [0.25, 0.3) is 5.69 Å². The van der Waals surface area contributed by atoms with Crippen LogP contribution in [0.4, 0.5) is 10.1 Å². The Kier molecular flexibility index (Phi) is 4.51. The second kappa shape index (κ2) is 6.91. The fraction of sp³-hybridized carbons (Fsp3) is 0.118. The summed E-state index contributed by atoms with van der Waals surface area (Å²) in [7, 11) is 0. The first-order valence-electron chi connectivity index (χ1n) is 7.37. The second-order valence-corrected chi connectivity index (χ2v) is 4.85. The second-order valence-electron chi connectivity index (χ2n) is 4.85. The van der Waals surface area contributed by atoms with Crippen LogP contribution >= 0.6 is 0 Å². The van der Waals surface area contributed by atoms with Crippen molar-refractivity contribution < 1.29 is 13.9 Å². The molecule has 0 aliphatic carbocycles. The maximum absolute atomic E-state index is 14.2. The molecule has 0 fully saturated rings. The normalized spacial score (nSPS) is 10.4. The smallest absolute Gasteiger partial charge is 0.256 e. The molecule has 3 rings (SSSR count). The van der Waals surface area contributed by atoms with E-state index >= 15 is 0 Å². The summed E-state index contributed by atoms with van der Waals surface area (Å²) in [4.78, 5) is 16.5. The van der Waals surface area contributed by atoms with Gasteiger partial charge in [-0.3, -0.25) is 4.79 Å². The molecule has 0 atom stereocenters. The maximum Gasteiger partial charge on any atom is 0.256 e. The molecular formula is C17H15FN4O2. The molecule has 2 heterocycles. The number of pyridine rings is 1. The van der Waals surface area contributed by atoms with Crippen molar-refractivity contribution in [3.8, 4) is 11.6 Å². The van der Waals surface area contributed by atoms with Gasteiger partial charge >= 0.3 is 0 Å². The standard InChI is InChI=1S/C17H15FN4O2/c1-2-24-15-11-12(7-9-19-15)17(23)21-16-13(18)5-3-6-14(16)22-10-4-8-20-22/h3-11H,2H2,1H3,(H,21,23). The van der Waals surface area contributed by atoms with Crippen LogP contribution in [0.1, 0.15) is 17.3 Å². The molecule has 0 unspecified atom stereocenters. The number of nitrogens with one attached hydrogen (secondary N) is 1. The first-order valence-corrected chi connectivity index (χ1v) is 7.37. The minimum absolute atomic E-state index is 0.0565.